The molecule has 0 radical (unpaired) electrons. The monoisotopic (exact) mass is 398 g/mol. The lowest BCUT2D eigenvalue weighted by Crippen LogP contribution is -2.32. The summed E-state index contributed by atoms with van der Waals surface area (Å²) < 4.78 is 0. The Morgan fingerprint density at radius 1 is 1.21 bits per heavy atom. The summed E-state index contributed by atoms with van der Waals surface area (Å²) in [4.78, 5) is 26.2. The average molecular weight is 398 g/mol. The predicted octanol–water partition coefficient (Wildman–Crippen LogP) is 2.12. The first-order valence-corrected chi connectivity index (χ1v) is 9.22. The lowest BCUT2D eigenvalue weighted by molar-refractivity contribution is -0.121. The van der Waals surface area contributed by atoms with E-state index in [-0.39, 0.29) is 34.9 Å². The molecule has 0 aromatic heterocycles. The molecule has 28 heavy (non-hydrogen) atoms. The van der Waals surface area contributed by atoms with Gasteiger partial charge in [0, 0.05) is 6.42 Å². The Morgan fingerprint density at radius 2 is 1.96 bits per heavy atom. The largest absolute Gasteiger partial charge is 0.504 e. The molecule has 8 nitrogen and oxygen atoms in total. The zero-order valence-electron chi connectivity index (χ0n) is 14.9. The van der Waals surface area contributed by atoms with Crippen molar-refractivity contribution in [1.29, 1.82) is 0 Å². The van der Waals surface area contributed by atoms with E-state index in [0.29, 0.717) is 11.3 Å². The van der Waals surface area contributed by atoms with E-state index in [1.807, 2.05) is 19.1 Å². The van der Waals surface area contributed by atoms with Crippen LogP contribution in [0.25, 0.3) is 0 Å². The van der Waals surface area contributed by atoms with Crippen LogP contribution in [0, 0.1) is 6.92 Å². The van der Waals surface area contributed by atoms with Gasteiger partial charge in [0.05, 0.1) is 11.9 Å². The summed E-state index contributed by atoms with van der Waals surface area (Å²) in [5.41, 5.74) is 7.73. The number of carbonyl (C=O) groups excluding carboxylic acids is 2. The summed E-state index contributed by atoms with van der Waals surface area (Å²) in [5, 5.41) is 25.7. The standard InChI is InChI=1S/C19H18N4O4S/c1-11-4-2-3-5-13(11)23-17(26)9-16(18(23)27)28-19(20)22-21-10-12-6-7-14(24)15(25)8-12/h2-8,10,16,24-25H,9H2,1H3,(H2,20,22)/b21-10-/t16-/m1/s1. The first-order chi connectivity index (χ1) is 13.4. The number of amides is 2. The molecule has 3 rings (SSSR count). The molecule has 0 aliphatic carbocycles. The number of thioether (sulfide) groups is 1. The number of hydrogen-bond acceptors (Lipinski definition) is 7. The van der Waals surface area contributed by atoms with Crippen LogP contribution in [0.4, 0.5) is 5.69 Å². The van der Waals surface area contributed by atoms with Crippen LogP contribution in [-0.2, 0) is 9.59 Å². The van der Waals surface area contributed by atoms with E-state index in [2.05, 4.69) is 10.2 Å². The van der Waals surface area contributed by atoms with Crippen LogP contribution in [0.15, 0.2) is 52.7 Å². The van der Waals surface area contributed by atoms with Crippen molar-refractivity contribution in [3.05, 3.63) is 53.6 Å². The smallest absolute Gasteiger partial charge is 0.247 e. The number of benzene rings is 2. The third-order valence-electron chi connectivity index (χ3n) is 4.09. The molecule has 0 bridgehead atoms. The minimum Gasteiger partial charge on any atom is -0.504 e. The molecule has 1 fully saturated rings. The molecular formula is C19H18N4O4S. The Bertz CT molecular complexity index is 990. The highest BCUT2D eigenvalue weighted by atomic mass is 32.2. The summed E-state index contributed by atoms with van der Waals surface area (Å²) in [7, 11) is 0. The predicted molar refractivity (Wildman–Crippen MR) is 109 cm³/mol. The fourth-order valence-corrected chi connectivity index (χ4v) is 3.52. The van der Waals surface area contributed by atoms with Gasteiger partial charge in [0.25, 0.3) is 0 Å². The second-order valence-corrected chi connectivity index (χ2v) is 7.32. The molecule has 1 saturated heterocycles. The van der Waals surface area contributed by atoms with E-state index >= 15 is 0 Å². The fourth-order valence-electron chi connectivity index (χ4n) is 2.71. The van der Waals surface area contributed by atoms with Crippen LogP contribution < -0.4 is 10.6 Å². The van der Waals surface area contributed by atoms with Gasteiger partial charge in [-0.2, -0.15) is 5.10 Å². The number of rotatable bonds is 4. The number of aryl methyl sites for hydroxylation is 1. The van der Waals surface area contributed by atoms with Gasteiger partial charge in [0.2, 0.25) is 11.8 Å². The molecule has 2 amide bonds. The third-order valence-corrected chi connectivity index (χ3v) is 5.06. The van der Waals surface area contributed by atoms with Crippen molar-refractivity contribution < 1.29 is 19.8 Å². The lowest BCUT2D eigenvalue weighted by Gasteiger charge is -2.16. The third kappa shape index (κ3) is 4.15. The molecule has 0 spiro atoms. The summed E-state index contributed by atoms with van der Waals surface area (Å²) >= 11 is 0.977. The van der Waals surface area contributed by atoms with Crippen molar-refractivity contribution in [1.82, 2.24) is 0 Å². The number of hydrogen-bond donors (Lipinski definition) is 3. The summed E-state index contributed by atoms with van der Waals surface area (Å²) in [5.74, 6) is -1.14. The first kappa shape index (κ1) is 19.4. The van der Waals surface area contributed by atoms with Gasteiger partial charge in [-0.25, -0.2) is 4.90 Å². The van der Waals surface area contributed by atoms with Gasteiger partial charge in [-0.15, -0.1) is 5.10 Å². The number of imide groups is 1. The maximum atomic E-state index is 12.7. The van der Waals surface area contributed by atoms with Crippen molar-refractivity contribution in [2.75, 3.05) is 4.90 Å². The van der Waals surface area contributed by atoms with E-state index in [4.69, 9.17) is 5.73 Å². The van der Waals surface area contributed by atoms with Crippen LogP contribution in [0.5, 0.6) is 11.5 Å². The van der Waals surface area contributed by atoms with Gasteiger partial charge >= 0.3 is 0 Å². The van der Waals surface area contributed by atoms with Crippen LogP contribution in [0.1, 0.15) is 17.5 Å². The second-order valence-electron chi connectivity index (χ2n) is 6.10. The molecule has 0 unspecified atom stereocenters. The van der Waals surface area contributed by atoms with Crippen LogP contribution >= 0.6 is 11.8 Å². The molecular weight excluding hydrogens is 380 g/mol. The van der Waals surface area contributed by atoms with Crippen LogP contribution in [0.2, 0.25) is 0 Å². The van der Waals surface area contributed by atoms with Crippen molar-refractivity contribution in [3.8, 4) is 11.5 Å². The maximum absolute atomic E-state index is 12.7. The van der Waals surface area contributed by atoms with Crippen LogP contribution in [0.3, 0.4) is 0 Å². The Labute approximate surface area is 165 Å². The first-order valence-electron chi connectivity index (χ1n) is 8.34. The molecule has 9 heteroatoms. The van der Waals surface area contributed by atoms with Crippen molar-refractivity contribution in [2.45, 2.75) is 18.6 Å². The Morgan fingerprint density at radius 3 is 2.68 bits per heavy atom. The second kappa shape index (κ2) is 8.13. The number of phenolic OH excluding ortho intramolecular Hbond substituents is 2. The highest BCUT2D eigenvalue weighted by molar-refractivity contribution is 8.14. The Hall–Kier alpha value is -3.33. The van der Waals surface area contributed by atoms with Crippen molar-refractivity contribution in [2.24, 2.45) is 15.9 Å². The zero-order chi connectivity index (χ0) is 20.3. The van der Waals surface area contributed by atoms with Gasteiger partial charge in [-0.1, -0.05) is 30.0 Å². The number of carbonyl (C=O) groups is 2. The fraction of sp³-hybridized carbons (Fsp3) is 0.158. The number of nitrogens with zero attached hydrogens (tertiary/aromatic N) is 3. The number of phenols is 2. The van der Waals surface area contributed by atoms with Gasteiger partial charge in [-0.05, 0) is 42.3 Å². The lowest BCUT2D eigenvalue weighted by atomic mass is 10.2. The number of para-hydroxylation sites is 1. The molecule has 2 aromatic rings. The minimum atomic E-state index is -0.663. The van der Waals surface area contributed by atoms with Crippen LogP contribution in [-0.4, -0.2) is 38.7 Å². The minimum absolute atomic E-state index is 0.0314. The Kier molecular flexibility index (Phi) is 5.65. The van der Waals surface area contributed by atoms with Gasteiger partial charge in [0.1, 0.15) is 5.25 Å². The molecule has 0 saturated carbocycles. The number of aromatic hydroxyl groups is 2. The topological polar surface area (TPSA) is 129 Å². The molecule has 144 valence electrons. The maximum Gasteiger partial charge on any atom is 0.247 e. The van der Waals surface area contributed by atoms with Gasteiger partial charge in [-0.3, -0.25) is 9.59 Å². The van der Waals surface area contributed by atoms with Crippen molar-refractivity contribution in [3.63, 3.8) is 0 Å². The summed E-state index contributed by atoms with van der Waals surface area (Å²) in [6.45, 7) is 1.84. The van der Waals surface area contributed by atoms with Crippen molar-refractivity contribution >= 4 is 40.6 Å². The Balaban J connectivity index is 1.68. The molecule has 1 aliphatic rings. The molecule has 1 heterocycles. The number of nitrogens with two attached hydrogens (primary N) is 1. The number of amidine groups is 1. The van der Waals surface area contributed by atoms with E-state index in [1.54, 1.807) is 12.1 Å². The number of anilines is 1. The van der Waals surface area contributed by atoms with E-state index in [9.17, 15) is 19.8 Å². The molecule has 2 aromatic carbocycles. The SMILES string of the molecule is Cc1ccccc1N1C(=O)C[C@@H](SC(N)=N/N=C\c2ccc(O)c(O)c2)C1=O. The molecule has 1 aliphatic heterocycles. The summed E-state index contributed by atoms with van der Waals surface area (Å²) in [6, 6.07) is 11.4. The normalized spacial score (nSPS) is 17.7. The van der Waals surface area contributed by atoms with E-state index in [1.165, 1.54) is 29.3 Å². The quantitative estimate of drug-likeness (QED) is 0.238. The molecule has 4 N–H and O–H groups in total. The van der Waals surface area contributed by atoms with E-state index in [0.717, 1.165) is 17.3 Å². The zero-order valence-corrected chi connectivity index (χ0v) is 15.8. The van der Waals surface area contributed by atoms with Gasteiger partial charge in [0.15, 0.2) is 16.7 Å². The summed E-state index contributed by atoms with van der Waals surface area (Å²) in [6.07, 6.45) is 1.37. The molecule has 1 atom stereocenters. The van der Waals surface area contributed by atoms with Gasteiger partial charge < -0.3 is 15.9 Å². The average Bonchev–Trinajstić information content (AvgIpc) is 2.92. The highest BCUT2D eigenvalue weighted by Crippen LogP contribution is 2.31. The van der Waals surface area contributed by atoms with E-state index < -0.39 is 5.25 Å². The highest BCUT2D eigenvalue weighted by Gasteiger charge is 2.41.